The van der Waals surface area contributed by atoms with Crippen LogP contribution in [0.25, 0.3) is 0 Å². The van der Waals surface area contributed by atoms with E-state index in [0.717, 1.165) is 6.54 Å². The third-order valence-electron chi connectivity index (χ3n) is 4.96. The number of rotatable bonds is 19. The van der Waals surface area contributed by atoms with Crippen LogP contribution in [-0.2, 0) is 10.9 Å². The first-order valence-electron chi connectivity index (χ1n) is 11.9. The lowest BCUT2D eigenvalue weighted by atomic mass is 10.0. The Hall–Kier alpha value is 0.310. The van der Waals surface area contributed by atoms with E-state index in [-0.39, 0.29) is 0 Å². The van der Waals surface area contributed by atoms with Gasteiger partial charge in [0, 0.05) is 0 Å². The van der Waals surface area contributed by atoms with E-state index < -0.39 is 0 Å². The molecule has 2 N–H and O–H groups in total. The second-order valence-corrected chi connectivity index (χ2v) is 10.5. The molecule has 0 atom stereocenters. The zero-order chi connectivity index (χ0) is 19.7. The molecule has 0 aliphatic rings. The van der Waals surface area contributed by atoms with E-state index in [1.807, 2.05) is 0 Å². The summed E-state index contributed by atoms with van der Waals surface area (Å²) >= 11 is 0. The van der Waals surface area contributed by atoms with Crippen LogP contribution in [0, 0.1) is 0 Å². The molecule has 26 heavy (non-hydrogen) atoms. The van der Waals surface area contributed by atoms with Gasteiger partial charge in [0.2, 0.25) is 0 Å². The van der Waals surface area contributed by atoms with E-state index in [1.54, 1.807) is 0 Å². The third-order valence-corrected chi connectivity index (χ3v) is 6.07. The van der Waals surface area contributed by atoms with Gasteiger partial charge in [-0.2, -0.15) is 0 Å². The molecule has 0 heterocycles. The van der Waals surface area contributed by atoms with Crippen molar-refractivity contribution in [2.45, 2.75) is 129 Å². The van der Waals surface area contributed by atoms with Gasteiger partial charge >= 0.3 is 0 Å². The zero-order valence-electron chi connectivity index (χ0n) is 19.1. The lowest BCUT2D eigenvalue weighted by molar-refractivity contribution is 0.531. The predicted molar refractivity (Wildman–Crippen MR) is 128 cm³/mol. The predicted octanol–water partition coefficient (Wildman–Crippen LogP) is 7.87. The van der Waals surface area contributed by atoms with Crippen LogP contribution >= 0.6 is 0 Å². The van der Waals surface area contributed by atoms with Crippen molar-refractivity contribution in [1.82, 2.24) is 0 Å². The average molecular weight is 389 g/mol. The summed E-state index contributed by atoms with van der Waals surface area (Å²) in [5, 5.41) is 0. The molecule has 2 heteroatoms. The molecule has 0 aliphatic heterocycles. The average Bonchev–Trinajstić information content (AvgIpc) is 2.62. The summed E-state index contributed by atoms with van der Waals surface area (Å²) in [7, 11) is 0.667. The molecule has 0 spiro atoms. The van der Waals surface area contributed by atoms with Crippen molar-refractivity contribution in [3.8, 4) is 0 Å². The molecule has 0 saturated heterocycles. The van der Waals surface area contributed by atoms with Crippen LogP contribution in [0.4, 0.5) is 0 Å². The molecule has 0 aromatic rings. The molecule has 1 nitrogen and oxygen atoms in total. The highest BCUT2D eigenvalue weighted by molar-refractivity contribution is 7.95. The van der Waals surface area contributed by atoms with Crippen LogP contribution in [0.2, 0.25) is 0 Å². The largest absolute Gasteiger partial charge is 0.330 e. The Balaban J connectivity index is 0. The minimum atomic E-state index is 0.667. The summed E-state index contributed by atoms with van der Waals surface area (Å²) < 4.78 is 0. The number of unbranched alkanes of at least 4 members (excludes halogenated alkanes) is 16. The Morgan fingerprint density at radius 2 is 0.769 bits per heavy atom. The first-order chi connectivity index (χ1) is 12.7. The molecule has 0 aromatic carbocycles. The normalized spacial score (nSPS) is 10.8. The van der Waals surface area contributed by atoms with Crippen LogP contribution < -0.4 is 5.73 Å². The molecular formula is C24H54NS+. The zero-order valence-corrected chi connectivity index (χ0v) is 19.9. The minimum absolute atomic E-state index is 0.667. The maximum atomic E-state index is 5.14. The number of hydrogen-bond acceptors (Lipinski definition) is 1. The SMILES string of the molecule is CCCCCCCCCCCCCCCCCC[S+](C)C.CCCCN. The van der Waals surface area contributed by atoms with Crippen molar-refractivity contribution >= 4 is 10.9 Å². The molecule has 0 saturated carbocycles. The van der Waals surface area contributed by atoms with Gasteiger partial charge < -0.3 is 5.73 Å². The number of nitrogens with two attached hydrogens (primary N) is 1. The van der Waals surface area contributed by atoms with Gasteiger partial charge in [-0.3, -0.25) is 0 Å². The maximum Gasteiger partial charge on any atom is 0.107 e. The van der Waals surface area contributed by atoms with Gasteiger partial charge in [0.15, 0.2) is 0 Å². The van der Waals surface area contributed by atoms with Crippen molar-refractivity contribution in [2.24, 2.45) is 5.73 Å². The van der Waals surface area contributed by atoms with Crippen molar-refractivity contribution in [3.05, 3.63) is 0 Å². The van der Waals surface area contributed by atoms with Gasteiger partial charge in [-0.1, -0.05) is 110 Å². The van der Waals surface area contributed by atoms with Crippen molar-refractivity contribution in [2.75, 3.05) is 24.8 Å². The van der Waals surface area contributed by atoms with Gasteiger partial charge in [-0.25, -0.2) is 0 Å². The van der Waals surface area contributed by atoms with E-state index >= 15 is 0 Å². The van der Waals surface area contributed by atoms with Crippen molar-refractivity contribution in [1.29, 1.82) is 0 Å². The van der Waals surface area contributed by atoms with E-state index in [0.29, 0.717) is 10.9 Å². The first-order valence-corrected chi connectivity index (χ1v) is 14.1. The fourth-order valence-corrected chi connectivity index (χ4v) is 3.92. The molecule has 0 bridgehead atoms. The van der Waals surface area contributed by atoms with Crippen LogP contribution in [0.3, 0.4) is 0 Å². The van der Waals surface area contributed by atoms with E-state index in [2.05, 4.69) is 26.4 Å². The molecule has 0 amide bonds. The smallest absolute Gasteiger partial charge is 0.107 e. The van der Waals surface area contributed by atoms with Gasteiger partial charge in [0.05, 0.1) is 12.5 Å². The molecular weight excluding hydrogens is 334 g/mol. The summed E-state index contributed by atoms with van der Waals surface area (Å²) in [5.41, 5.74) is 5.14. The van der Waals surface area contributed by atoms with Gasteiger partial charge in [0.25, 0.3) is 0 Å². The topological polar surface area (TPSA) is 26.0 Å². The highest BCUT2D eigenvalue weighted by Gasteiger charge is 2.00. The van der Waals surface area contributed by atoms with Crippen LogP contribution in [0.5, 0.6) is 0 Å². The second kappa shape index (κ2) is 27.5. The third kappa shape index (κ3) is 32.0. The van der Waals surface area contributed by atoms with E-state index in [9.17, 15) is 0 Å². The van der Waals surface area contributed by atoms with Crippen molar-refractivity contribution in [3.63, 3.8) is 0 Å². The second-order valence-electron chi connectivity index (χ2n) is 8.14. The highest BCUT2D eigenvalue weighted by Crippen LogP contribution is 2.13. The fraction of sp³-hybridized carbons (Fsp3) is 1.00. The molecule has 0 aliphatic carbocycles. The van der Waals surface area contributed by atoms with Crippen LogP contribution in [0.1, 0.15) is 129 Å². The quantitative estimate of drug-likeness (QED) is 0.177. The minimum Gasteiger partial charge on any atom is -0.330 e. The Morgan fingerprint density at radius 3 is 1.00 bits per heavy atom. The van der Waals surface area contributed by atoms with Gasteiger partial charge in [-0.15, -0.1) is 0 Å². The lowest BCUT2D eigenvalue weighted by Gasteiger charge is -2.03. The highest BCUT2D eigenvalue weighted by atomic mass is 32.2. The summed E-state index contributed by atoms with van der Waals surface area (Å²) in [4.78, 5) is 0. The Labute approximate surface area is 171 Å². The lowest BCUT2D eigenvalue weighted by Crippen LogP contribution is -2.00. The van der Waals surface area contributed by atoms with Gasteiger partial charge in [-0.05, 0) is 36.7 Å². The maximum absolute atomic E-state index is 5.14. The Bertz CT molecular complexity index is 216. The molecule has 0 radical (unpaired) electrons. The molecule has 0 unspecified atom stereocenters. The fourth-order valence-electron chi connectivity index (χ4n) is 3.14. The molecule has 160 valence electrons. The molecule has 0 aromatic heterocycles. The molecule has 0 rings (SSSR count). The summed E-state index contributed by atoms with van der Waals surface area (Å²) in [5.74, 6) is 1.46. The Morgan fingerprint density at radius 1 is 0.462 bits per heavy atom. The van der Waals surface area contributed by atoms with E-state index in [4.69, 9.17) is 5.73 Å². The standard InChI is InChI=1S/C20H43S.C4H11N/c1-4-5-6-7-8-9-10-11-12-13-14-15-16-17-18-19-20-21(2)3;1-2-3-4-5/h4-20H2,1-3H3;2-5H2,1H3/q+1;. The van der Waals surface area contributed by atoms with Gasteiger partial charge in [0.1, 0.15) is 5.75 Å². The number of hydrogen-bond donors (Lipinski definition) is 1. The van der Waals surface area contributed by atoms with Crippen LogP contribution in [0.15, 0.2) is 0 Å². The molecule has 0 fully saturated rings. The Kier molecular flexibility index (Phi) is 30.2. The van der Waals surface area contributed by atoms with Crippen LogP contribution in [-0.4, -0.2) is 24.8 Å². The summed E-state index contributed by atoms with van der Waals surface area (Å²) in [6.07, 6.45) is 30.7. The summed E-state index contributed by atoms with van der Waals surface area (Å²) in [6, 6.07) is 0. The van der Waals surface area contributed by atoms with Crippen molar-refractivity contribution < 1.29 is 0 Å². The summed E-state index contributed by atoms with van der Waals surface area (Å²) in [6.45, 7) is 5.27. The first kappa shape index (κ1) is 28.5. The van der Waals surface area contributed by atoms with E-state index in [1.165, 1.54) is 121 Å². The monoisotopic (exact) mass is 388 g/mol.